The molecular weight excluding hydrogens is 264 g/mol. The smallest absolute Gasteiger partial charge is 0.337 e. The van der Waals surface area contributed by atoms with Crippen LogP contribution < -0.4 is 16.4 Å². The molecule has 5 N–H and O–H groups in total. The SMILES string of the molecule is CC(C)C(NC(=O)Nc1cncc(C(=O)O)c1)C(N)=O. The van der Waals surface area contributed by atoms with Crippen LogP contribution in [0, 0.1) is 5.92 Å². The molecule has 1 atom stereocenters. The minimum Gasteiger partial charge on any atom is -0.478 e. The molecule has 0 saturated carbocycles. The Morgan fingerprint density at radius 2 is 1.95 bits per heavy atom. The Morgan fingerprint density at radius 3 is 2.45 bits per heavy atom. The molecule has 1 rings (SSSR count). The standard InChI is InChI=1S/C12H16N4O4/c1-6(2)9(10(13)17)16-12(20)15-8-3-7(11(18)19)4-14-5-8/h3-6,9H,1-2H3,(H2,13,17)(H,18,19)(H2,15,16,20). The van der Waals surface area contributed by atoms with Gasteiger partial charge < -0.3 is 21.5 Å². The van der Waals surface area contributed by atoms with Gasteiger partial charge in [-0.1, -0.05) is 13.8 Å². The number of nitrogens with two attached hydrogens (primary N) is 1. The molecule has 0 spiro atoms. The number of nitrogens with zero attached hydrogens (tertiary/aromatic N) is 1. The number of pyridine rings is 1. The molecular formula is C12H16N4O4. The number of carbonyl (C=O) groups excluding carboxylic acids is 2. The molecule has 0 fully saturated rings. The Kier molecular flexibility index (Phi) is 5.01. The maximum absolute atomic E-state index is 11.7. The summed E-state index contributed by atoms with van der Waals surface area (Å²) in [7, 11) is 0. The van der Waals surface area contributed by atoms with E-state index >= 15 is 0 Å². The molecule has 3 amide bonds. The van der Waals surface area contributed by atoms with E-state index in [2.05, 4.69) is 15.6 Å². The number of amides is 3. The summed E-state index contributed by atoms with van der Waals surface area (Å²) in [5.41, 5.74) is 5.32. The molecule has 108 valence electrons. The number of urea groups is 1. The third-order valence-corrected chi connectivity index (χ3v) is 2.50. The fraction of sp³-hybridized carbons (Fsp3) is 0.333. The lowest BCUT2D eigenvalue weighted by atomic mass is 10.0. The fourth-order valence-electron chi connectivity index (χ4n) is 1.50. The van der Waals surface area contributed by atoms with Crippen molar-refractivity contribution < 1.29 is 19.5 Å². The van der Waals surface area contributed by atoms with E-state index < -0.39 is 23.9 Å². The molecule has 8 heteroatoms. The summed E-state index contributed by atoms with van der Waals surface area (Å²) >= 11 is 0. The van der Waals surface area contributed by atoms with Crippen LogP contribution in [0.2, 0.25) is 0 Å². The monoisotopic (exact) mass is 280 g/mol. The van der Waals surface area contributed by atoms with Crippen LogP contribution in [0.3, 0.4) is 0 Å². The first-order valence-corrected chi connectivity index (χ1v) is 5.86. The van der Waals surface area contributed by atoms with Crippen molar-refractivity contribution in [3.05, 3.63) is 24.0 Å². The highest BCUT2D eigenvalue weighted by atomic mass is 16.4. The number of carboxylic acids is 1. The molecule has 1 unspecified atom stereocenters. The lowest BCUT2D eigenvalue weighted by molar-refractivity contribution is -0.120. The number of carboxylic acid groups (broad SMARTS) is 1. The van der Waals surface area contributed by atoms with E-state index in [1.165, 1.54) is 12.3 Å². The lowest BCUT2D eigenvalue weighted by Gasteiger charge is -2.19. The summed E-state index contributed by atoms with van der Waals surface area (Å²) in [6.07, 6.45) is 2.45. The van der Waals surface area contributed by atoms with Gasteiger partial charge in [0.25, 0.3) is 0 Å². The van der Waals surface area contributed by atoms with Gasteiger partial charge in [0, 0.05) is 6.20 Å². The third-order valence-electron chi connectivity index (χ3n) is 2.50. The number of hydrogen-bond donors (Lipinski definition) is 4. The Labute approximate surface area is 115 Å². The summed E-state index contributed by atoms with van der Waals surface area (Å²) in [5, 5.41) is 13.6. The molecule has 0 aliphatic rings. The number of aromatic carboxylic acids is 1. The Balaban J connectivity index is 2.73. The average molecular weight is 280 g/mol. The van der Waals surface area contributed by atoms with Gasteiger partial charge in [-0.3, -0.25) is 9.78 Å². The normalized spacial score (nSPS) is 11.8. The number of hydrogen-bond acceptors (Lipinski definition) is 4. The molecule has 20 heavy (non-hydrogen) atoms. The van der Waals surface area contributed by atoms with Crippen LogP contribution in [0.4, 0.5) is 10.5 Å². The van der Waals surface area contributed by atoms with Gasteiger partial charge in [0.05, 0.1) is 17.4 Å². The van der Waals surface area contributed by atoms with Crippen LogP contribution in [0.5, 0.6) is 0 Å². The molecule has 1 aromatic heterocycles. The molecule has 0 bridgehead atoms. The number of primary amides is 1. The van der Waals surface area contributed by atoms with E-state index in [1.54, 1.807) is 13.8 Å². The van der Waals surface area contributed by atoms with E-state index in [0.29, 0.717) is 0 Å². The maximum atomic E-state index is 11.7. The predicted molar refractivity (Wildman–Crippen MR) is 71.2 cm³/mol. The van der Waals surface area contributed by atoms with Gasteiger partial charge >= 0.3 is 12.0 Å². The van der Waals surface area contributed by atoms with E-state index in [4.69, 9.17) is 10.8 Å². The minimum absolute atomic E-state index is 0.0573. The second kappa shape index (κ2) is 6.50. The third kappa shape index (κ3) is 4.23. The van der Waals surface area contributed by atoms with Crippen LogP contribution >= 0.6 is 0 Å². The number of aromatic nitrogens is 1. The molecule has 0 aliphatic heterocycles. The van der Waals surface area contributed by atoms with Crippen molar-refractivity contribution in [2.24, 2.45) is 11.7 Å². The Morgan fingerprint density at radius 1 is 1.30 bits per heavy atom. The summed E-state index contributed by atoms with van der Waals surface area (Å²) in [6.45, 7) is 3.48. The first-order valence-electron chi connectivity index (χ1n) is 5.86. The second-order valence-electron chi connectivity index (χ2n) is 4.49. The zero-order valence-electron chi connectivity index (χ0n) is 11.1. The van der Waals surface area contributed by atoms with Gasteiger partial charge in [0.1, 0.15) is 6.04 Å². The number of rotatable bonds is 5. The zero-order chi connectivity index (χ0) is 15.3. The average Bonchev–Trinajstić information content (AvgIpc) is 2.35. The summed E-state index contributed by atoms with van der Waals surface area (Å²) in [4.78, 5) is 37.3. The fourth-order valence-corrected chi connectivity index (χ4v) is 1.50. The van der Waals surface area contributed by atoms with Crippen molar-refractivity contribution in [2.75, 3.05) is 5.32 Å². The van der Waals surface area contributed by atoms with Crippen molar-refractivity contribution in [3.63, 3.8) is 0 Å². The van der Waals surface area contributed by atoms with Crippen LogP contribution in [0.25, 0.3) is 0 Å². The number of nitrogens with one attached hydrogen (secondary N) is 2. The number of carbonyl (C=O) groups is 3. The minimum atomic E-state index is -1.15. The predicted octanol–water partition coefficient (Wildman–Crippen LogP) is 0.411. The van der Waals surface area contributed by atoms with E-state index in [-0.39, 0.29) is 17.2 Å². The number of anilines is 1. The largest absolute Gasteiger partial charge is 0.478 e. The van der Waals surface area contributed by atoms with Gasteiger partial charge in [-0.15, -0.1) is 0 Å². The molecule has 0 radical (unpaired) electrons. The van der Waals surface area contributed by atoms with Gasteiger partial charge in [-0.05, 0) is 12.0 Å². The van der Waals surface area contributed by atoms with E-state index in [9.17, 15) is 14.4 Å². The van der Waals surface area contributed by atoms with Crippen molar-refractivity contribution in [3.8, 4) is 0 Å². The van der Waals surface area contributed by atoms with Crippen LogP contribution in [-0.2, 0) is 4.79 Å². The van der Waals surface area contributed by atoms with Crippen LogP contribution in [0.15, 0.2) is 18.5 Å². The Hall–Kier alpha value is -2.64. The van der Waals surface area contributed by atoms with E-state index in [0.717, 1.165) is 6.20 Å². The van der Waals surface area contributed by atoms with Crippen molar-refractivity contribution in [1.82, 2.24) is 10.3 Å². The molecule has 8 nitrogen and oxygen atoms in total. The van der Waals surface area contributed by atoms with Crippen molar-refractivity contribution in [2.45, 2.75) is 19.9 Å². The van der Waals surface area contributed by atoms with E-state index in [1.807, 2.05) is 0 Å². The topological polar surface area (TPSA) is 134 Å². The highest BCUT2D eigenvalue weighted by Gasteiger charge is 2.21. The quantitative estimate of drug-likeness (QED) is 0.619. The molecule has 1 aromatic rings. The lowest BCUT2D eigenvalue weighted by Crippen LogP contribution is -2.49. The molecule has 0 aromatic carbocycles. The maximum Gasteiger partial charge on any atom is 0.337 e. The first-order chi connectivity index (χ1) is 9.31. The van der Waals surface area contributed by atoms with Gasteiger partial charge in [0.2, 0.25) is 5.91 Å². The van der Waals surface area contributed by atoms with Crippen LogP contribution in [-0.4, -0.2) is 34.0 Å². The highest BCUT2D eigenvalue weighted by molar-refractivity contribution is 5.95. The van der Waals surface area contributed by atoms with Gasteiger partial charge in [0.15, 0.2) is 0 Å². The summed E-state index contributed by atoms with van der Waals surface area (Å²) in [6, 6.07) is -0.221. The summed E-state index contributed by atoms with van der Waals surface area (Å²) < 4.78 is 0. The van der Waals surface area contributed by atoms with Crippen LogP contribution in [0.1, 0.15) is 24.2 Å². The summed E-state index contributed by atoms with van der Waals surface area (Å²) in [5.74, 6) is -1.96. The Bertz CT molecular complexity index is 530. The second-order valence-corrected chi connectivity index (χ2v) is 4.49. The molecule has 0 saturated heterocycles. The van der Waals surface area contributed by atoms with Crippen molar-refractivity contribution in [1.29, 1.82) is 0 Å². The first kappa shape index (κ1) is 15.4. The zero-order valence-corrected chi connectivity index (χ0v) is 11.1. The van der Waals surface area contributed by atoms with Gasteiger partial charge in [-0.2, -0.15) is 0 Å². The van der Waals surface area contributed by atoms with Crippen molar-refractivity contribution >= 4 is 23.6 Å². The molecule has 1 heterocycles. The highest BCUT2D eigenvalue weighted by Crippen LogP contribution is 2.09. The molecule has 0 aliphatic carbocycles. The van der Waals surface area contributed by atoms with Gasteiger partial charge in [-0.25, -0.2) is 9.59 Å².